The first kappa shape index (κ1) is 14.2. The molecule has 1 aromatic rings. The Morgan fingerprint density at radius 1 is 1.39 bits per heavy atom. The number of carbonyl (C=O) groups excluding carboxylic acids is 1. The molecule has 0 unspecified atom stereocenters. The number of carboxylic acids is 1. The summed E-state index contributed by atoms with van der Waals surface area (Å²) in [5, 5.41) is 11.6. The third-order valence-electron chi connectivity index (χ3n) is 2.36. The number of benzene rings is 1. The standard InChI is InChI=1S/C13H18N2O3/c1-8-6-9(12(17)18)4-5-10(8)15-11(16)7-13(2,3)14/h4-6H,7,14H2,1-3H3,(H,15,16)(H,17,18). The van der Waals surface area contributed by atoms with E-state index in [1.165, 1.54) is 12.1 Å². The molecule has 5 nitrogen and oxygen atoms in total. The van der Waals surface area contributed by atoms with Crippen molar-refractivity contribution in [2.45, 2.75) is 32.7 Å². The van der Waals surface area contributed by atoms with Crippen molar-refractivity contribution >= 4 is 17.6 Å². The summed E-state index contributed by atoms with van der Waals surface area (Å²) in [6.07, 6.45) is 0.202. The lowest BCUT2D eigenvalue weighted by Gasteiger charge is -2.18. The number of nitrogens with one attached hydrogen (secondary N) is 1. The molecule has 0 spiro atoms. The van der Waals surface area contributed by atoms with Crippen LogP contribution in [0.4, 0.5) is 5.69 Å². The topological polar surface area (TPSA) is 92.4 Å². The van der Waals surface area contributed by atoms with Crippen LogP contribution in [0.25, 0.3) is 0 Å². The van der Waals surface area contributed by atoms with Gasteiger partial charge in [0.2, 0.25) is 5.91 Å². The van der Waals surface area contributed by atoms with Gasteiger partial charge < -0.3 is 16.2 Å². The van der Waals surface area contributed by atoms with Gasteiger partial charge >= 0.3 is 5.97 Å². The normalized spacial score (nSPS) is 11.1. The quantitative estimate of drug-likeness (QED) is 0.759. The van der Waals surface area contributed by atoms with E-state index in [2.05, 4.69) is 5.32 Å². The molecule has 0 heterocycles. The van der Waals surface area contributed by atoms with Crippen LogP contribution in [-0.4, -0.2) is 22.5 Å². The molecule has 0 aliphatic heterocycles. The molecule has 98 valence electrons. The molecule has 18 heavy (non-hydrogen) atoms. The van der Waals surface area contributed by atoms with Gasteiger partial charge in [0, 0.05) is 17.6 Å². The number of anilines is 1. The lowest BCUT2D eigenvalue weighted by molar-refractivity contribution is -0.117. The Morgan fingerprint density at radius 3 is 2.44 bits per heavy atom. The highest BCUT2D eigenvalue weighted by molar-refractivity contribution is 5.94. The predicted octanol–water partition coefficient (Wildman–Crippen LogP) is 1.76. The number of hydrogen-bond acceptors (Lipinski definition) is 3. The summed E-state index contributed by atoms with van der Waals surface area (Å²) >= 11 is 0. The molecule has 0 radical (unpaired) electrons. The van der Waals surface area contributed by atoms with Gasteiger partial charge in [-0.3, -0.25) is 4.79 Å². The first-order chi connectivity index (χ1) is 8.19. The molecule has 0 bridgehead atoms. The Bertz CT molecular complexity index is 476. The summed E-state index contributed by atoms with van der Waals surface area (Å²) in [6.45, 7) is 5.29. The molecule has 1 rings (SSSR count). The molecular formula is C13H18N2O3. The second-order valence-corrected chi connectivity index (χ2v) is 5.05. The largest absolute Gasteiger partial charge is 0.478 e. The minimum Gasteiger partial charge on any atom is -0.478 e. The van der Waals surface area contributed by atoms with E-state index >= 15 is 0 Å². The van der Waals surface area contributed by atoms with E-state index in [-0.39, 0.29) is 17.9 Å². The van der Waals surface area contributed by atoms with Crippen molar-refractivity contribution in [1.29, 1.82) is 0 Å². The maximum atomic E-state index is 11.7. The molecule has 0 aliphatic carbocycles. The number of carbonyl (C=O) groups is 2. The smallest absolute Gasteiger partial charge is 0.335 e. The summed E-state index contributed by atoms with van der Waals surface area (Å²) < 4.78 is 0. The maximum absolute atomic E-state index is 11.7. The molecule has 0 aromatic heterocycles. The van der Waals surface area contributed by atoms with Crippen LogP contribution in [0.15, 0.2) is 18.2 Å². The van der Waals surface area contributed by atoms with Crippen LogP contribution in [-0.2, 0) is 4.79 Å². The van der Waals surface area contributed by atoms with Crippen LogP contribution >= 0.6 is 0 Å². The average Bonchev–Trinajstić information content (AvgIpc) is 2.17. The van der Waals surface area contributed by atoms with Gasteiger partial charge in [0.15, 0.2) is 0 Å². The Labute approximate surface area is 106 Å². The van der Waals surface area contributed by atoms with Gasteiger partial charge in [0.1, 0.15) is 0 Å². The number of aryl methyl sites for hydroxylation is 1. The molecule has 0 saturated heterocycles. The van der Waals surface area contributed by atoms with Crippen LogP contribution in [0.2, 0.25) is 0 Å². The molecule has 0 atom stereocenters. The van der Waals surface area contributed by atoms with Crippen molar-refractivity contribution in [3.8, 4) is 0 Å². The number of aromatic carboxylic acids is 1. The fraction of sp³-hybridized carbons (Fsp3) is 0.385. The van der Waals surface area contributed by atoms with E-state index in [0.29, 0.717) is 11.3 Å². The number of nitrogens with two attached hydrogens (primary N) is 1. The van der Waals surface area contributed by atoms with Gasteiger partial charge in [-0.05, 0) is 44.5 Å². The van der Waals surface area contributed by atoms with E-state index < -0.39 is 11.5 Å². The fourth-order valence-corrected chi connectivity index (χ4v) is 1.55. The summed E-state index contributed by atoms with van der Waals surface area (Å²) in [4.78, 5) is 22.5. The van der Waals surface area contributed by atoms with Gasteiger partial charge in [-0.2, -0.15) is 0 Å². The summed E-state index contributed by atoms with van der Waals surface area (Å²) in [5.74, 6) is -1.17. The highest BCUT2D eigenvalue weighted by Gasteiger charge is 2.17. The number of amides is 1. The molecule has 0 fully saturated rings. The van der Waals surface area contributed by atoms with Crippen LogP contribution in [0.5, 0.6) is 0 Å². The highest BCUT2D eigenvalue weighted by Crippen LogP contribution is 2.17. The van der Waals surface area contributed by atoms with Crippen molar-refractivity contribution in [3.63, 3.8) is 0 Å². The SMILES string of the molecule is Cc1cc(C(=O)O)ccc1NC(=O)CC(C)(C)N. The Morgan fingerprint density at radius 2 is 2.00 bits per heavy atom. The first-order valence-electron chi connectivity index (χ1n) is 5.62. The fourth-order valence-electron chi connectivity index (χ4n) is 1.55. The van der Waals surface area contributed by atoms with Crippen molar-refractivity contribution in [1.82, 2.24) is 0 Å². The Kier molecular flexibility index (Phi) is 4.08. The van der Waals surface area contributed by atoms with Crippen LogP contribution in [0, 0.1) is 6.92 Å². The van der Waals surface area contributed by atoms with E-state index in [4.69, 9.17) is 10.8 Å². The first-order valence-corrected chi connectivity index (χ1v) is 5.62. The van der Waals surface area contributed by atoms with Gasteiger partial charge in [0.25, 0.3) is 0 Å². The van der Waals surface area contributed by atoms with Crippen LogP contribution in [0.3, 0.4) is 0 Å². The third-order valence-corrected chi connectivity index (χ3v) is 2.36. The molecule has 1 aromatic carbocycles. The zero-order valence-electron chi connectivity index (χ0n) is 10.8. The number of carboxylic acid groups (broad SMARTS) is 1. The van der Waals surface area contributed by atoms with Gasteiger partial charge in [-0.15, -0.1) is 0 Å². The Hall–Kier alpha value is -1.88. The molecule has 0 aliphatic rings. The minimum atomic E-state index is -0.987. The molecule has 5 heteroatoms. The average molecular weight is 250 g/mol. The molecule has 0 saturated carbocycles. The second-order valence-electron chi connectivity index (χ2n) is 5.05. The summed E-state index contributed by atoms with van der Waals surface area (Å²) in [7, 11) is 0. The summed E-state index contributed by atoms with van der Waals surface area (Å²) in [5.41, 5.74) is 6.69. The second kappa shape index (κ2) is 5.18. The highest BCUT2D eigenvalue weighted by atomic mass is 16.4. The van der Waals surface area contributed by atoms with Crippen LogP contribution < -0.4 is 11.1 Å². The zero-order chi connectivity index (χ0) is 13.9. The van der Waals surface area contributed by atoms with Crippen molar-refractivity contribution in [2.75, 3.05) is 5.32 Å². The molecule has 1 amide bonds. The number of rotatable bonds is 4. The predicted molar refractivity (Wildman–Crippen MR) is 69.7 cm³/mol. The van der Waals surface area contributed by atoms with Crippen molar-refractivity contribution in [2.24, 2.45) is 5.73 Å². The monoisotopic (exact) mass is 250 g/mol. The van der Waals surface area contributed by atoms with Crippen LogP contribution in [0.1, 0.15) is 36.2 Å². The zero-order valence-corrected chi connectivity index (χ0v) is 10.8. The van der Waals surface area contributed by atoms with E-state index in [1.54, 1.807) is 26.8 Å². The summed E-state index contributed by atoms with van der Waals surface area (Å²) in [6, 6.07) is 4.56. The van der Waals surface area contributed by atoms with Gasteiger partial charge in [0.05, 0.1) is 5.56 Å². The lowest BCUT2D eigenvalue weighted by Crippen LogP contribution is -2.36. The van der Waals surface area contributed by atoms with Crippen molar-refractivity contribution in [3.05, 3.63) is 29.3 Å². The lowest BCUT2D eigenvalue weighted by atomic mass is 10.0. The van der Waals surface area contributed by atoms with E-state index in [9.17, 15) is 9.59 Å². The van der Waals surface area contributed by atoms with Gasteiger partial charge in [-0.1, -0.05) is 0 Å². The Balaban J connectivity index is 2.80. The number of hydrogen-bond donors (Lipinski definition) is 3. The van der Waals surface area contributed by atoms with E-state index in [1.807, 2.05) is 0 Å². The molecule has 4 N–H and O–H groups in total. The maximum Gasteiger partial charge on any atom is 0.335 e. The third kappa shape index (κ3) is 4.18. The molecular weight excluding hydrogens is 232 g/mol. The minimum absolute atomic E-state index is 0.186. The van der Waals surface area contributed by atoms with Gasteiger partial charge in [-0.25, -0.2) is 4.79 Å². The van der Waals surface area contributed by atoms with Crippen molar-refractivity contribution < 1.29 is 14.7 Å². The van der Waals surface area contributed by atoms with E-state index in [0.717, 1.165) is 0 Å².